The second-order valence-corrected chi connectivity index (χ2v) is 7.64. The maximum Gasteiger partial charge on any atom is 0.0696 e. The summed E-state index contributed by atoms with van der Waals surface area (Å²) in [7, 11) is 0. The molecule has 0 aliphatic rings. The van der Waals surface area contributed by atoms with Gasteiger partial charge in [-0.2, -0.15) is 0 Å². The molecule has 0 aromatic heterocycles. The van der Waals surface area contributed by atoms with E-state index in [4.69, 9.17) is 9.98 Å². The van der Waals surface area contributed by atoms with E-state index in [1.807, 2.05) is 0 Å². The molecule has 0 N–H and O–H groups in total. The first kappa shape index (κ1) is 21.1. The Kier molecular flexibility index (Phi) is 7.97. The summed E-state index contributed by atoms with van der Waals surface area (Å²) in [4.78, 5) is 9.81. The molecule has 0 unspecified atom stereocenters. The summed E-state index contributed by atoms with van der Waals surface area (Å²) < 4.78 is 0. The van der Waals surface area contributed by atoms with E-state index in [1.54, 1.807) is 0 Å². The summed E-state index contributed by atoms with van der Waals surface area (Å²) in [6.07, 6.45) is 5.26. The van der Waals surface area contributed by atoms with Crippen LogP contribution in [0.5, 0.6) is 0 Å². The molecule has 2 rings (SSSR count). The van der Waals surface area contributed by atoms with Crippen LogP contribution in [-0.2, 0) is 19.3 Å². The third kappa shape index (κ3) is 5.89. The van der Waals surface area contributed by atoms with Crippen LogP contribution in [0.2, 0.25) is 0 Å². The average Bonchev–Trinajstić information content (AvgIpc) is 2.60. The highest BCUT2D eigenvalue weighted by Crippen LogP contribution is 2.33. The van der Waals surface area contributed by atoms with Gasteiger partial charge in [-0.25, -0.2) is 0 Å². The van der Waals surface area contributed by atoms with Gasteiger partial charge in [-0.05, 0) is 62.8 Å². The molecule has 0 radical (unpaired) electrons. The Labute approximate surface area is 165 Å². The predicted molar refractivity (Wildman–Crippen MR) is 121 cm³/mol. The van der Waals surface area contributed by atoms with Gasteiger partial charge in [0.2, 0.25) is 0 Å². The van der Waals surface area contributed by atoms with E-state index in [1.165, 1.54) is 22.3 Å². The molecule has 2 nitrogen and oxygen atoms in total. The van der Waals surface area contributed by atoms with Gasteiger partial charge < -0.3 is 0 Å². The van der Waals surface area contributed by atoms with Crippen LogP contribution in [-0.4, -0.2) is 11.4 Å². The predicted octanol–water partition coefficient (Wildman–Crippen LogP) is 7.41. The van der Waals surface area contributed by atoms with E-state index in [0.717, 1.165) is 54.9 Å². The maximum atomic E-state index is 4.90. The SMILES string of the molecule is CCCc1cccc(Cc2cccc(CCC)c2N=C(C)C)c1N=C(C)C. The van der Waals surface area contributed by atoms with E-state index in [2.05, 4.69) is 77.9 Å². The number of benzene rings is 2. The molecule has 0 atom stereocenters. The Hall–Kier alpha value is -2.22. The van der Waals surface area contributed by atoms with E-state index < -0.39 is 0 Å². The summed E-state index contributed by atoms with van der Waals surface area (Å²) in [6.45, 7) is 12.7. The van der Waals surface area contributed by atoms with Gasteiger partial charge in [0.05, 0.1) is 11.4 Å². The molecule has 144 valence electrons. The third-order valence-corrected chi connectivity index (χ3v) is 4.50. The van der Waals surface area contributed by atoms with Gasteiger partial charge >= 0.3 is 0 Å². The van der Waals surface area contributed by atoms with Crippen LogP contribution in [0.1, 0.15) is 76.6 Å². The van der Waals surface area contributed by atoms with Crippen molar-refractivity contribution in [3.05, 3.63) is 58.7 Å². The first-order valence-electron chi connectivity index (χ1n) is 10.2. The van der Waals surface area contributed by atoms with Crippen molar-refractivity contribution in [2.75, 3.05) is 0 Å². The topological polar surface area (TPSA) is 24.7 Å². The Morgan fingerprint density at radius 2 is 1.00 bits per heavy atom. The average molecular weight is 363 g/mol. The minimum Gasteiger partial charge on any atom is -0.258 e. The Bertz CT molecular complexity index is 751. The lowest BCUT2D eigenvalue weighted by molar-refractivity contribution is 0.914. The fourth-order valence-corrected chi connectivity index (χ4v) is 3.46. The lowest BCUT2D eigenvalue weighted by atomic mass is 9.95. The summed E-state index contributed by atoms with van der Waals surface area (Å²) in [5, 5.41) is 0. The van der Waals surface area contributed by atoms with Crippen molar-refractivity contribution in [3.63, 3.8) is 0 Å². The molecule has 0 aliphatic heterocycles. The van der Waals surface area contributed by atoms with E-state index in [0.29, 0.717) is 0 Å². The van der Waals surface area contributed by atoms with Gasteiger partial charge in [0.1, 0.15) is 0 Å². The minimum atomic E-state index is 0.868. The van der Waals surface area contributed by atoms with Crippen molar-refractivity contribution in [1.82, 2.24) is 0 Å². The lowest BCUT2D eigenvalue weighted by Gasteiger charge is -2.15. The van der Waals surface area contributed by atoms with Crippen LogP contribution in [0.3, 0.4) is 0 Å². The van der Waals surface area contributed by atoms with Gasteiger partial charge in [0.15, 0.2) is 0 Å². The summed E-state index contributed by atoms with van der Waals surface area (Å²) in [5.74, 6) is 0. The number of aryl methyl sites for hydroxylation is 2. The number of aliphatic imine (C=N–C) groups is 2. The number of hydrogen-bond donors (Lipinski definition) is 0. The molecule has 0 saturated carbocycles. The van der Waals surface area contributed by atoms with Crippen LogP contribution in [0.4, 0.5) is 11.4 Å². The summed E-state index contributed by atoms with van der Waals surface area (Å²) in [5.41, 5.74) is 9.79. The Morgan fingerprint density at radius 3 is 1.33 bits per heavy atom. The standard InChI is InChI=1S/C25H34N2/c1-7-11-20-13-9-15-22(24(20)26-18(3)4)17-23-16-10-14-21(12-8-2)25(23)27-19(5)6/h9-10,13-16H,7-8,11-12,17H2,1-6H3. The number of para-hydroxylation sites is 2. The highest BCUT2D eigenvalue weighted by Gasteiger charge is 2.12. The first-order valence-corrected chi connectivity index (χ1v) is 10.2. The summed E-state index contributed by atoms with van der Waals surface area (Å²) >= 11 is 0. The van der Waals surface area contributed by atoms with Crippen LogP contribution in [0, 0.1) is 0 Å². The molecule has 0 bridgehead atoms. The molecular formula is C25H34N2. The minimum absolute atomic E-state index is 0.868. The molecule has 0 saturated heterocycles. The smallest absolute Gasteiger partial charge is 0.0696 e. The monoisotopic (exact) mass is 362 g/mol. The largest absolute Gasteiger partial charge is 0.258 e. The second kappa shape index (κ2) is 10.2. The zero-order valence-corrected chi connectivity index (χ0v) is 17.9. The van der Waals surface area contributed by atoms with Crippen LogP contribution < -0.4 is 0 Å². The number of nitrogens with zero attached hydrogens (tertiary/aromatic N) is 2. The van der Waals surface area contributed by atoms with Crippen LogP contribution in [0.25, 0.3) is 0 Å². The van der Waals surface area contributed by atoms with E-state index in [-0.39, 0.29) is 0 Å². The Morgan fingerprint density at radius 1 is 0.630 bits per heavy atom. The number of hydrogen-bond acceptors (Lipinski definition) is 2. The van der Waals surface area contributed by atoms with Crippen LogP contribution in [0.15, 0.2) is 46.4 Å². The molecule has 2 aromatic rings. The van der Waals surface area contributed by atoms with Gasteiger partial charge in [-0.15, -0.1) is 0 Å². The highest BCUT2D eigenvalue weighted by atomic mass is 14.8. The first-order chi connectivity index (χ1) is 13.0. The third-order valence-electron chi connectivity index (χ3n) is 4.50. The molecule has 0 heterocycles. The van der Waals surface area contributed by atoms with Gasteiger partial charge in [-0.1, -0.05) is 63.1 Å². The molecule has 0 amide bonds. The Balaban J connectivity index is 2.57. The highest BCUT2D eigenvalue weighted by molar-refractivity contribution is 5.84. The molecule has 0 aliphatic carbocycles. The van der Waals surface area contributed by atoms with Gasteiger partial charge in [0.25, 0.3) is 0 Å². The van der Waals surface area contributed by atoms with Crippen molar-refractivity contribution in [3.8, 4) is 0 Å². The molecule has 2 heteroatoms. The molecule has 2 aromatic carbocycles. The maximum absolute atomic E-state index is 4.90. The molecular weight excluding hydrogens is 328 g/mol. The lowest BCUT2D eigenvalue weighted by Crippen LogP contribution is -1.98. The van der Waals surface area contributed by atoms with Crippen molar-refractivity contribution in [1.29, 1.82) is 0 Å². The van der Waals surface area contributed by atoms with Crippen molar-refractivity contribution in [2.24, 2.45) is 9.98 Å². The van der Waals surface area contributed by atoms with E-state index >= 15 is 0 Å². The normalized spacial score (nSPS) is 10.6. The molecule has 27 heavy (non-hydrogen) atoms. The van der Waals surface area contributed by atoms with Gasteiger partial charge in [-0.3, -0.25) is 9.98 Å². The number of rotatable bonds is 8. The summed E-state index contributed by atoms with van der Waals surface area (Å²) in [6, 6.07) is 13.2. The van der Waals surface area contributed by atoms with Crippen molar-refractivity contribution >= 4 is 22.8 Å². The van der Waals surface area contributed by atoms with E-state index in [9.17, 15) is 0 Å². The fourth-order valence-electron chi connectivity index (χ4n) is 3.46. The second-order valence-electron chi connectivity index (χ2n) is 7.64. The molecule has 0 spiro atoms. The molecule has 0 fully saturated rings. The quantitative estimate of drug-likeness (QED) is 0.437. The van der Waals surface area contributed by atoms with Crippen molar-refractivity contribution in [2.45, 2.75) is 73.6 Å². The fraction of sp³-hybridized carbons (Fsp3) is 0.440. The van der Waals surface area contributed by atoms with Crippen LogP contribution >= 0.6 is 0 Å². The zero-order chi connectivity index (χ0) is 19.8. The van der Waals surface area contributed by atoms with Crippen molar-refractivity contribution < 1.29 is 0 Å². The van der Waals surface area contributed by atoms with Gasteiger partial charge in [0, 0.05) is 17.8 Å². The zero-order valence-electron chi connectivity index (χ0n) is 17.9.